The molecule has 17 heavy (non-hydrogen) atoms. The maximum atomic E-state index is 11.3. The summed E-state index contributed by atoms with van der Waals surface area (Å²) < 4.78 is 5.81. The van der Waals surface area contributed by atoms with Gasteiger partial charge in [-0.3, -0.25) is 10.1 Å². The van der Waals surface area contributed by atoms with Gasteiger partial charge in [-0.15, -0.1) is 0 Å². The lowest BCUT2D eigenvalue weighted by Crippen LogP contribution is -2.34. The van der Waals surface area contributed by atoms with E-state index in [1.165, 1.54) is 6.07 Å². The molecule has 0 aromatic carbocycles. The van der Waals surface area contributed by atoms with Gasteiger partial charge >= 0.3 is 5.69 Å². The Kier molecular flexibility index (Phi) is 3.43. The van der Waals surface area contributed by atoms with Crippen molar-refractivity contribution < 1.29 is 14.4 Å². The highest BCUT2D eigenvalue weighted by Gasteiger charge is 2.23. The number of ether oxygens (including phenoxy) is 1. The molecule has 0 aliphatic carbocycles. The number of rotatable bonds is 4. The van der Waals surface area contributed by atoms with E-state index in [-0.39, 0.29) is 22.1 Å². The number of anilines is 1. The first-order chi connectivity index (χ1) is 8.08. The Labute approximate surface area is 105 Å². The molecule has 2 rings (SSSR count). The van der Waals surface area contributed by atoms with Crippen molar-refractivity contribution in [1.29, 1.82) is 0 Å². The Balaban J connectivity index is 2.17. The largest absolute Gasteiger partial charge is 0.618 e. The van der Waals surface area contributed by atoms with Gasteiger partial charge in [-0.1, -0.05) is 0 Å². The van der Waals surface area contributed by atoms with Gasteiger partial charge in [0.05, 0.1) is 17.1 Å². The van der Waals surface area contributed by atoms with Gasteiger partial charge in [0, 0.05) is 29.1 Å². The van der Waals surface area contributed by atoms with E-state index in [4.69, 9.17) is 4.74 Å². The fraction of sp³-hybridized carbons (Fsp3) is 0.444. The number of pyridine rings is 1. The summed E-state index contributed by atoms with van der Waals surface area (Å²) in [6.07, 6.45) is 2.13. The fourth-order valence-corrected chi connectivity index (χ4v) is 1.78. The molecule has 2 heterocycles. The summed E-state index contributed by atoms with van der Waals surface area (Å²) in [6, 6.07) is 1.18. The highest BCUT2D eigenvalue weighted by molar-refractivity contribution is 9.10. The van der Waals surface area contributed by atoms with Crippen molar-refractivity contribution in [2.75, 3.05) is 18.5 Å². The van der Waals surface area contributed by atoms with Crippen molar-refractivity contribution in [3.05, 3.63) is 32.2 Å². The first-order valence-electron chi connectivity index (χ1n) is 5.00. The SMILES string of the molecule is O=[N+]([O-])c1cc(Br)[n+]([O-])cc1NC[C@@H]1CCO1. The van der Waals surface area contributed by atoms with Crippen molar-refractivity contribution in [3.8, 4) is 0 Å². The number of hydrogen-bond acceptors (Lipinski definition) is 5. The van der Waals surface area contributed by atoms with Crippen molar-refractivity contribution in [3.63, 3.8) is 0 Å². The summed E-state index contributed by atoms with van der Waals surface area (Å²) >= 11 is 2.95. The molecule has 0 spiro atoms. The van der Waals surface area contributed by atoms with E-state index in [2.05, 4.69) is 21.2 Å². The van der Waals surface area contributed by atoms with Crippen LogP contribution in [-0.4, -0.2) is 24.2 Å². The maximum Gasteiger partial charge on any atom is 0.305 e. The zero-order valence-electron chi connectivity index (χ0n) is 8.76. The third kappa shape index (κ3) is 2.64. The molecule has 1 aromatic heterocycles. The zero-order valence-corrected chi connectivity index (χ0v) is 10.3. The van der Waals surface area contributed by atoms with Crippen LogP contribution in [0.1, 0.15) is 6.42 Å². The highest BCUT2D eigenvalue weighted by Crippen LogP contribution is 2.25. The molecular weight excluding hydrogens is 294 g/mol. The summed E-state index contributed by atoms with van der Waals surface area (Å²) in [7, 11) is 0. The molecule has 0 bridgehead atoms. The van der Waals surface area contributed by atoms with E-state index in [1.807, 2.05) is 0 Å². The van der Waals surface area contributed by atoms with Crippen LogP contribution in [0.4, 0.5) is 11.4 Å². The molecule has 1 atom stereocenters. The van der Waals surface area contributed by atoms with Gasteiger partial charge in [0.1, 0.15) is 0 Å². The Bertz CT molecular complexity index is 450. The number of nitrogens with one attached hydrogen (secondary N) is 1. The van der Waals surface area contributed by atoms with Crippen LogP contribution < -0.4 is 10.0 Å². The summed E-state index contributed by atoms with van der Waals surface area (Å²) in [5.41, 5.74) is 0.0620. The van der Waals surface area contributed by atoms with E-state index in [1.54, 1.807) is 0 Å². The number of nitrogens with zero attached hydrogens (tertiary/aromatic N) is 2. The van der Waals surface area contributed by atoms with Crippen LogP contribution in [0.25, 0.3) is 0 Å². The minimum absolute atomic E-state index is 0.0679. The van der Waals surface area contributed by atoms with Crippen LogP contribution in [0.2, 0.25) is 0 Å². The number of halogens is 1. The molecule has 0 radical (unpaired) electrons. The average molecular weight is 304 g/mol. The minimum Gasteiger partial charge on any atom is -0.618 e. The smallest absolute Gasteiger partial charge is 0.305 e. The fourth-order valence-electron chi connectivity index (χ4n) is 1.46. The molecular formula is C9H10BrN3O4. The molecule has 92 valence electrons. The maximum absolute atomic E-state index is 11.3. The molecule has 1 aliphatic heterocycles. The molecule has 1 N–H and O–H groups in total. The van der Waals surface area contributed by atoms with E-state index in [0.717, 1.165) is 19.2 Å². The summed E-state index contributed by atoms with van der Waals surface area (Å²) in [5.74, 6) is 0. The average Bonchev–Trinajstić information content (AvgIpc) is 2.20. The molecule has 1 aliphatic rings. The van der Waals surface area contributed by atoms with Gasteiger partial charge < -0.3 is 15.3 Å². The Hall–Kier alpha value is -1.41. The van der Waals surface area contributed by atoms with Gasteiger partial charge in [0.2, 0.25) is 6.20 Å². The topological polar surface area (TPSA) is 91.3 Å². The minimum atomic E-state index is -0.533. The number of aromatic nitrogens is 1. The second kappa shape index (κ2) is 4.84. The van der Waals surface area contributed by atoms with Crippen LogP contribution >= 0.6 is 15.9 Å². The summed E-state index contributed by atoms with van der Waals surface area (Å²) in [4.78, 5) is 10.3. The lowest BCUT2D eigenvalue weighted by atomic mass is 10.2. The second-order valence-electron chi connectivity index (χ2n) is 3.64. The van der Waals surface area contributed by atoms with Gasteiger partial charge in [-0.2, -0.15) is 4.73 Å². The number of hydrogen-bond donors (Lipinski definition) is 1. The molecule has 1 aromatic rings. The third-order valence-corrected chi connectivity index (χ3v) is 3.08. The predicted molar refractivity (Wildman–Crippen MR) is 62.6 cm³/mol. The van der Waals surface area contributed by atoms with Crippen molar-refractivity contribution in [2.45, 2.75) is 12.5 Å². The van der Waals surface area contributed by atoms with Crippen LogP contribution in [-0.2, 0) is 4.74 Å². The summed E-state index contributed by atoms with van der Waals surface area (Å²) in [5, 5.41) is 25.0. The standard InChI is InChI=1S/C9H10BrN3O4/c10-9-3-8(13(15)16)7(5-12(9)14)11-4-6-1-2-17-6/h3,5-6,11H,1-2,4H2/t6-/m0/s1. The summed E-state index contributed by atoms with van der Waals surface area (Å²) in [6.45, 7) is 1.18. The molecule has 1 fully saturated rings. The van der Waals surface area contributed by atoms with E-state index < -0.39 is 4.92 Å². The first-order valence-corrected chi connectivity index (χ1v) is 5.80. The Morgan fingerprint density at radius 3 is 2.94 bits per heavy atom. The number of nitro groups is 1. The molecule has 1 saturated heterocycles. The first kappa shape index (κ1) is 12.1. The van der Waals surface area contributed by atoms with Crippen molar-refractivity contribution in [2.24, 2.45) is 0 Å². The predicted octanol–water partition coefficient (Wildman–Crippen LogP) is 1.19. The lowest BCUT2D eigenvalue weighted by molar-refractivity contribution is -0.617. The van der Waals surface area contributed by atoms with Gasteiger partial charge in [-0.25, -0.2) is 0 Å². The Morgan fingerprint density at radius 1 is 1.71 bits per heavy atom. The van der Waals surface area contributed by atoms with Gasteiger partial charge in [0.25, 0.3) is 4.60 Å². The van der Waals surface area contributed by atoms with Crippen LogP contribution in [0, 0.1) is 15.3 Å². The molecule has 0 amide bonds. The van der Waals surface area contributed by atoms with Crippen LogP contribution in [0.15, 0.2) is 16.9 Å². The van der Waals surface area contributed by atoms with E-state index >= 15 is 0 Å². The molecule has 8 heteroatoms. The Morgan fingerprint density at radius 2 is 2.41 bits per heavy atom. The highest BCUT2D eigenvalue weighted by atomic mass is 79.9. The quantitative estimate of drug-likeness (QED) is 0.297. The van der Waals surface area contributed by atoms with E-state index in [0.29, 0.717) is 11.3 Å². The van der Waals surface area contributed by atoms with Gasteiger partial charge in [-0.05, 0) is 6.42 Å². The second-order valence-corrected chi connectivity index (χ2v) is 4.45. The van der Waals surface area contributed by atoms with Crippen molar-refractivity contribution in [1.82, 2.24) is 0 Å². The van der Waals surface area contributed by atoms with Crippen molar-refractivity contribution >= 4 is 27.3 Å². The van der Waals surface area contributed by atoms with Crippen LogP contribution in [0.5, 0.6) is 0 Å². The molecule has 0 saturated carbocycles. The van der Waals surface area contributed by atoms with Gasteiger partial charge in [0.15, 0.2) is 5.69 Å². The molecule has 0 unspecified atom stereocenters. The van der Waals surface area contributed by atoms with Crippen LogP contribution in [0.3, 0.4) is 0 Å². The molecule has 7 nitrogen and oxygen atoms in total. The third-order valence-electron chi connectivity index (χ3n) is 2.50. The monoisotopic (exact) mass is 303 g/mol. The normalized spacial score (nSPS) is 18.5. The van der Waals surface area contributed by atoms with E-state index in [9.17, 15) is 15.3 Å². The zero-order chi connectivity index (χ0) is 12.4. The lowest BCUT2D eigenvalue weighted by Gasteiger charge is -2.26.